The molecule has 4 atom stereocenters. The van der Waals surface area contributed by atoms with Gasteiger partial charge in [0.2, 0.25) is 0 Å². The van der Waals surface area contributed by atoms with Crippen LogP contribution in [0.15, 0.2) is 0 Å². The number of rotatable bonds is 3. The molecule has 0 bridgehead atoms. The van der Waals surface area contributed by atoms with Crippen molar-refractivity contribution in [2.24, 2.45) is 5.41 Å². The molecule has 110 valence electrons. The molecule has 0 radical (unpaired) electrons. The minimum Gasteiger partial charge on any atom is -0.456 e. The average Bonchev–Trinajstić information content (AvgIpc) is 2.55. The van der Waals surface area contributed by atoms with Crippen LogP contribution >= 0.6 is 0 Å². The summed E-state index contributed by atoms with van der Waals surface area (Å²) >= 11 is 0. The lowest BCUT2D eigenvalue weighted by Gasteiger charge is -2.31. The number of hydrogen-bond acceptors (Lipinski definition) is 6. The molecule has 0 aromatic carbocycles. The highest BCUT2D eigenvalue weighted by Crippen LogP contribution is 2.37. The third-order valence-electron chi connectivity index (χ3n) is 2.95. The van der Waals surface area contributed by atoms with Gasteiger partial charge in [-0.15, -0.1) is 0 Å². The van der Waals surface area contributed by atoms with Gasteiger partial charge in [-0.2, -0.15) is 0 Å². The largest absolute Gasteiger partial charge is 0.456 e. The molecule has 6 nitrogen and oxygen atoms in total. The van der Waals surface area contributed by atoms with Crippen molar-refractivity contribution in [3.05, 3.63) is 0 Å². The van der Waals surface area contributed by atoms with E-state index < -0.39 is 36.4 Å². The molecular weight excluding hydrogens is 252 g/mol. The van der Waals surface area contributed by atoms with E-state index in [4.69, 9.17) is 14.2 Å². The highest BCUT2D eigenvalue weighted by molar-refractivity contribution is 5.67. The van der Waals surface area contributed by atoms with Crippen molar-refractivity contribution in [3.63, 3.8) is 0 Å². The van der Waals surface area contributed by atoms with E-state index in [1.807, 2.05) is 20.8 Å². The second-order valence-electron chi connectivity index (χ2n) is 5.79. The second-order valence-corrected chi connectivity index (χ2v) is 5.79. The van der Waals surface area contributed by atoms with E-state index >= 15 is 0 Å². The third kappa shape index (κ3) is 3.91. The Balaban J connectivity index is 3.01. The van der Waals surface area contributed by atoms with Gasteiger partial charge in [0.1, 0.15) is 12.2 Å². The smallest absolute Gasteiger partial charge is 0.303 e. The number of carbonyl (C=O) groups excluding carboxylic acids is 2. The highest BCUT2D eigenvalue weighted by Gasteiger charge is 2.52. The first-order valence-corrected chi connectivity index (χ1v) is 6.27. The Kier molecular flexibility index (Phi) is 4.92. The molecule has 6 heteroatoms. The minimum absolute atomic E-state index is 0.303. The average molecular weight is 274 g/mol. The Bertz CT molecular complexity index is 346. The normalized spacial score (nSPS) is 31.1. The summed E-state index contributed by atoms with van der Waals surface area (Å²) in [6.45, 7) is 8.04. The van der Waals surface area contributed by atoms with Gasteiger partial charge in [0, 0.05) is 13.8 Å². The van der Waals surface area contributed by atoms with Gasteiger partial charge in [0.25, 0.3) is 0 Å². The van der Waals surface area contributed by atoms with E-state index in [0.717, 1.165) is 0 Å². The van der Waals surface area contributed by atoms with Crippen molar-refractivity contribution in [2.45, 2.75) is 59.0 Å². The number of esters is 2. The lowest BCUT2D eigenvalue weighted by Crippen LogP contribution is -2.44. The van der Waals surface area contributed by atoms with Crippen molar-refractivity contribution >= 4 is 11.9 Å². The molecule has 0 amide bonds. The summed E-state index contributed by atoms with van der Waals surface area (Å²) in [4.78, 5) is 22.4. The first kappa shape index (κ1) is 15.9. The van der Waals surface area contributed by atoms with Crippen LogP contribution in [0.2, 0.25) is 0 Å². The third-order valence-corrected chi connectivity index (χ3v) is 2.95. The molecule has 0 saturated carbocycles. The van der Waals surface area contributed by atoms with Gasteiger partial charge in [-0.1, -0.05) is 20.8 Å². The maximum Gasteiger partial charge on any atom is 0.303 e. The lowest BCUT2D eigenvalue weighted by molar-refractivity contribution is -0.166. The minimum atomic E-state index is -0.782. The zero-order valence-electron chi connectivity index (χ0n) is 12.0. The van der Waals surface area contributed by atoms with Crippen molar-refractivity contribution in [1.29, 1.82) is 0 Å². The Labute approximate surface area is 113 Å². The van der Waals surface area contributed by atoms with Gasteiger partial charge in [-0.05, 0) is 5.41 Å². The number of aliphatic hydroxyl groups excluding tert-OH is 1. The number of aliphatic hydroxyl groups is 1. The monoisotopic (exact) mass is 274 g/mol. The summed E-state index contributed by atoms with van der Waals surface area (Å²) in [6.07, 6.45) is -2.62. The van der Waals surface area contributed by atoms with E-state index in [0.29, 0.717) is 0 Å². The van der Waals surface area contributed by atoms with E-state index in [1.54, 1.807) is 0 Å². The Morgan fingerprint density at radius 1 is 1.11 bits per heavy atom. The fourth-order valence-electron chi connectivity index (χ4n) is 2.23. The van der Waals surface area contributed by atoms with E-state index in [2.05, 4.69) is 0 Å². The standard InChI is InChI=1S/C13H22O6/c1-7(15)17-10-9(6-14)19-12(13(3,4)5)11(10)18-8(2)16/h9-12,14H,6H2,1-5H3/t9-,10-,11-,12-/m1/s1. The predicted molar refractivity (Wildman–Crippen MR) is 66.3 cm³/mol. The Hall–Kier alpha value is -1.14. The van der Waals surface area contributed by atoms with Gasteiger partial charge < -0.3 is 19.3 Å². The summed E-state index contributed by atoms with van der Waals surface area (Å²) in [5, 5.41) is 9.33. The fourth-order valence-corrected chi connectivity index (χ4v) is 2.23. The molecule has 0 aliphatic carbocycles. The number of ether oxygens (including phenoxy) is 3. The molecule has 1 rings (SSSR count). The van der Waals surface area contributed by atoms with Crippen LogP contribution in [0.1, 0.15) is 34.6 Å². The van der Waals surface area contributed by atoms with E-state index in [9.17, 15) is 14.7 Å². The maximum absolute atomic E-state index is 11.2. The molecule has 0 aromatic heterocycles. The summed E-state index contributed by atoms with van der Waals surface area (Å²) in [6, 6.07) is 0. The van der Waals surface area contributed by atoms with Crippen LogP contribution in [0, 0.1) is 5.41 Å². The van der Waals surface area contributed by atoms with Crippen molar-refractivity contribution < 1.29 is 28.9 Å². The molecule has 1 heterocycles. The molecule has 0 aromatic rings. The SMILES string of the molecule is CC(=O)O[C@@H]1[C@H](OC(C)=O)[C@@H](CO)O[C@H]1C(C)(C)C. The highest BCUT2D eigenvalue weighted by atomic mass is 16.6. The summed E-state index contributed by atoms with van der Waals surface area (Å²) in [5.74, 6) is -0.975. The molecule has 1 N–H and O–H groups in total. The van der Waals surface area contributed by atoms with Crippen LogP contribution in [0.25, 0.3) is 0 Å². The predicted octanol–water partition coefficient (Wildman–Crippen LogP) is 0.656. The zero-order valence-corrected chi connectivity index (χ0v) is 12.0. The first-order valence-electron chi connectivity index (χ1n) is 6.27. The molecule has 19 heavy (non-hydrogen) atoms. The molecule has 0 unspecified atom stereocenters. The van der Waals surface area contributed by atoms with Crippen LogP contribution in [-0.4, -0.2) is 48.1 Å². The van der Waals surface area contributed by atoms with Gasteiger partial charge >= 0.3 is 11.9 Å². The lowest BCUT2D eigenvalue weighted by atomic mass is 9.85. The molecule has 1 saturated heterocycles. The van der Waals surface area contributed by atoms with Crippen LogP contribution in [0.5, 0.6) is 0 Å². The quantitative estimate of drug-likeness (QED) is 0.761. The van der Waals surface area contributed by atoms with Gasteiger partial charge in [0.15, 0.2) is 12.2 Å². The molecular formula is C13H22O6. The van der Waals surface area contributed by atoms with Crippen molar-refractivity contribution in [3.8, 4) is 0 Å². The Morgan fingerprint density at radius 3 is 1.95 bits per heavy atom. The van der Waals surface area contributed by atoms with Gasteiger partial charge in [0.05, 0.1) is 6.61 Å². The van der Waals surface area contributed by atoms with Crippen LogP contribution in [-0.2, 0) is 23.8 Å². The van der Waals surface area contributed by atoms with Gasteiger partial charge in [-0.3, -0.25) is 9.59 Å². The fraction of sp³-hybridized carbons (Fsp3) is 0.846. The summed E-state index contributed by atoms with van der Waals surface area (Å²) in [7, 11) is 0. The van der Waals surface area contributed by atoms with E-state index in [1.165, 1.54) is 13.8 Å². The van der Waals surface area contributed by atoms with Gasteiger partial charge in [-0.25, -0.2) is 0 Å². The molecule has 1 aliphatic heterocycles. The van der Waals surface area contributed by atoms with Crippen LogP contribution in [0.4, 0.5) is 0 Å². The topological polar surface area (TPSA) is 82.1 Å². The molecule has 1 aliphatic rings. The number of carbonyl (C=O) groups is 2. The molecule has 1 fully saturated rings. The van der Waals surface area contributed by atoms with Crippen LogP contribution < -0.4 is 0 Å². The molecule has 0 spiro atoms. The van der Waals surface area contributed by atoms with Crippen LogP contribution in [0.3, 0.4) is 0 Å². The van der Waals surface area contributed by atoms with Crippen molar-refractivity contribution in [2.75, 3.05) is 6.61 Å². The summed E-state index contributed by atoms with van der Waals surface area (Å²) in [5.41, 5.74) is -0.317. The zero-order chi connectivity index (χ0) is 14.8. The van der Waals surface area contributed by atoms with E-state index in [-0.39, 0.29) is 12.0 Å². The Morgan fingerprint density at radius 2 is 1.58 bits per heavy atom. The summed E-state index contributed by atoms with van der Waals surface area (Å²) < 4.78 is 16.1. The van der Waals surface area contributed by atoms with Crippen molar-refractivity contribution in [1.82, 2.24) is 0 Å². The second kappa shape index (κ2) is 5.88. The first-order chi connectivity index (χ1) is 8.66. The maximum atomic E-state index is 11.2. The number of hydrogen-bond donors (Lipinski definition) is 1.